The molecular weight excluding hydrogens is 460 g/mol. The largest absolute Gasteiger partial charge is 0.284 e. The van der Waals surface area contributed by atoms with E-state index in [0.29, 0.717) is 33.7 Å². The van der Waals surface area contributed by atoms with Crippen molar-refractivity contribution in [3.05, 3.63) is 95.1 Å². The Morgan fingerprint density at radius 3 is 2.43 bits per heavy atom. The topological polar surface area (TPSA) is 101 Å². The van der Waals surface area contributed by atoms with E-state index in [1.165, 1.54) is 5.56 Å². The quantitative estimate of drug-likeness (QED) is 0.294. The van der Waals surface area contributed by atoms with E-state index >= 15 is 0 Å². The monoisotopic (exact) mass is 486 g/mol. The van der Waals surface area contributed by atoms with Gasteiger partial charge in [-0.1, -0.05) is 42.5 Å². The molecule has 0 atom stereocenters. The lowest BCUT2D eigenvalue weighted by molar-refractivity contribution is 0.0956. The van der Waals surface area contributed by atoms with Gasteiger partial charge in [0.05, 0.1) is 28.7 Å². The van der Waals surface area contributed by atoms with Gasteiger partial charge in [-0.2, -0.15) is 5.10 Å². The maximum atomic E-state index is 13.2. The van der Waals surface area contributed by atoms with Crippen molar-refractivity contribution in [3.63, 3.8) is 0 Å². The zero-order valence-electron chi connectivity index (χ0n) is 20.0. The van der Waals surface area contributed by atoms with Crippen molar-refractivity contribution < 1.29 is 13.2 Å². The van der Waals surface area contributed by atoms with Gasteiger partial charge in [0.2, 0.25) is 10.0 Å². The van der Waals surface area contributed by atoms with Crippen molar-refractivity contribution in [1.82, 2.24) is 10.4 Å². The number of aromatic nitrogens is 1. The normalized spacial score (nSPS) is 11.9. The lowest BCUT2D eigenvalue weighted by Crippen LogP contribution is -2.20. The molecule has 1 amide bonds. The van der Waals surface area contributed by atoms with Crippen molar-refractivity contribution in [1.29, 1.82) is 0 Å². The Kier molecular flexibility index (Phi) is 6.66. The number of hydrazone groups is 1. The Balaban J connectivity index is 1.66. The van der Waals surface area contributed by atoms with Gasteiger partial charge < -0.3 is 0 Å². The summed E-state index contributed by atoms with van der Waals surface area (Å²) in [4.78, 5) is 18.0. The molecule has 3 aromatic carbocycles. The summed E-state index contributed by atoms with van der Waals surface area (Å²) in [5.41, 5.74) is 9.42. The van der Waals surface area contributed by atoms with Crippen LogP contribution in [0.25, 0.3) is 22.2 Å². The number of anilines is 1. The molecule has 0 aliphatic carbocycles. The van der Waals surface area contributed by atoms with Crippen LogP contribution in [0.5, 0.6) is 0 Å². The molecule has 8 heteroatoms. The van der Waals surface area contributed by atoms with Crippen LogP contribution >= 0.6 is 0 Å². The van der Waals surface area contributed by atoms with Crippen LogP contribution in [0.2, 0.25) is 0 Å². The molecule has 0 fully saturated rings. The molecule has 0 bridgehead atoms. The summed E-state index contributed by atoms with van der Waals surface area (Å²) >= 11 is 0. The van der Waals surface area contributed by atoms with Gasteiger partial charge in [0, 0.05) is 16.6 Å². The Labute approximate surface area is 205 Å². The Morgan fingerprint density at radius 1 is 0.914 bits per heavy atom. The van der Waals surface area contributed by atoms with Gasteiger partial charge in [-0.3, -0.25) is 9.52 Å². The van der Waals surface area contributed by atoms with Crippen LogP contribution in [0.1, 0.15) is 34.0 Å². The standard InChI is InChI=1S/C27H26N4O3S/c1-17-12-13-21(14-18(17)2)26-16-24(23-10-5-6-11-25(23)28-26)27(32)30-29-19(3)20-8-7-9-22(15-20)31-35(4,33)34/h5-16,31H,1-4H3,(H,30,32). The van der Waals surface area contributed by atoms with Gasteiger partial charge in [-0.05, 0) is 67.8 Å². The highest BCUT2D eigenvalue weighted by atomic mass is 32.2. The molecule has 0 spiro atoms. The first-order valence-electron chi connectivity index (χ1n) is 11.0. The molecule has 4 rings (SSSR count). The molecule has 4 aromatic rings. The number of rotatable bonds is 6. The van der Waals surface area contributed by atoms with Crippen LogP contribution in [0.3, 0.4) is 0 Å². The number of nitrogens with one attached hydrogen (secondary N) is 2. The second-order valence-corrected chi connectivity index (χ2v) is 10.2. The summed E-state index contributed by atoms with van der Waals surface area (Å²) < 4.78 is 25.5. The molecule has 1 heterocycles. The summed E-state index contributed by atoms with van der Waals surface area (Å²) in [5, 5.41) is 4.99. The van der Waals surface area contributed by atoms with Gasteiger partial charge in [0.25, 0.3) is 5.91 Å². The highest BCUT2D eigenvalue weighted by molar-refractivity contribution is 7.92. The number of pyridine rings is 1. The minimum atomic E-state index is -3.40. The number of para-hydroxylation sites is 1. The molecule has 0 saturated heterocycles. The molecule has 1 aromatic heterocycles. The first kappa shape index (κ1) is 24.1. The van der Waals surface area contributed by atoms with E-state index in [-0.39, 0.29) is 5.91 Å². The number of benzene rings is 3. The molecule has 0 radical (unpaired) electrons. The zero-order valence-corrected chi connectivity index (χ0v) is 20.8. The minimum Gasteiger partial charge on any atom is -0.284 e. The van der Waals surface area contributed by atoms with Gasteiger partial charge in [0.15, 0.2) is 0 Å². The minimum absolute atomic E-state index is 0.363. The van der Waals surface area contributed by atoms with Crippen LogP contribution in [-0.4, -0.2) is 31.3 Å². The summed E-state index contributed by atoms with van der Waals surface area (Å²) in [6, 6.07) is 22.2. The highest BCUT2D eigenvalue weighted by Crippen LogP contribution is 2.26. The molecular formula is C27H26N4O3S. The molecule has 0 aliphatic heterocycles. The number of nitrogens with zero attached hydrogens (tertiary/aromatic N) is 2. The van der Waals surface area contributed by atoms with Crippen LogP contribution < -0.4 is 10.1 Å². The second kappa shape index (κ2) is 9.68. The fourth-order valence-corrected chi connectivity index (χ4v) is 4.25. The van der Waals surface area contributed by atoms with Crippen molar-refractivity contribution >= 4 is 38.2 Å². The van der Waals surface area contributed by atoms with Crippen molar-refractivity contribution in [2.24, 2.45) is 5.10 Å². The third-order valence-corrected chi connectivity index (χ3v) is 6.28. The lowest BCUT2D eigenvalue weighted by Gasteiger charge is -2.11. The molecule has 178 valence electrons. The van der Waals surface area contributed by atoms with Crippen LogP contribution in [0.15, 0.2) is 77.9 Å². The average molecular weight is 487 g/mol. The molecule has 0 aliphatic rings. The molecule has 0 saturated carbocycles. The number of fused-ring (bicyclic) bond motifs is 1. The lowest BCUT2D eigenvalue weighted by atomic mass is 10.0. The van der Waals surface area contributed by atoms with Gasteiger partial charge in [-0.25, -0.2) is 18.8 Å². The predicted octanol–water partition coefficient (Wildman–Crippen LogP) is 5.04. The molecule has 35 heavy (non-hydrogen) atoms. The molecule has 7 nitrogen and oxygen atoms in total. The van der Waals surface area contributed by atoms with E-state index in [9.17, 15) is 13.2 Å². The first-order valence-corrected chi connectivity index (χ1v) is 12.9. The molecule has 2 N–H and O–H groups in total. The van der Waals surface area contributed by atoms with Crippen molar-refractivity contribution in [2.75, 3.05) is 11.0 Å². The van der Waals surface area contributed by atoms with E-state index < -0.39 is 10.0 Å². The van der Waals surface area contributed by atoms with Crippen molar-refractivity contribution in [3.8, 4) is 11.3 Å². The maximum Gasteiger partial charge on any atom is 0.272 e. The summed E-state index contributed by atoms with van der Waals surface area (Å²) in [7, 11) is -3.40. The van der Waals surface area contributed by atoms with E-state index in [4.69, 9.17) is 4.98 Å². The van der Waals surface area contributed by atoms with Gasteiger partial charge in [0.1, 0.15) is 0 Å². The fraction of sp³-hybridized carbons (Fsp3) is 0.148. The number of carbonyl (C=O) groups excluding carboxylic acids is 1. The van der Waals surface area contributed by atoms with Crippen molar-refractivity contribution in [2.45, 2.75) is 20.8 Å². The summed E-state index contributed by atoms with van der Waals surface area (Å²) in [6.45, 7) is 5.84. The summed E-state index contributed by atoms with van der Waals surface area (Å²) in [5.74, 6) is -0.363. The number of amides is 1. The number of hydrogen-bond acceptors (Lipinski definition) is 5. The maximum absolute atomic E-state index is 13.2. The SMILES string of the molecule is CC(=NNC(=O)c1cc(-c2ccc(C)c(C)c2)nc2ccccc12)c1cccc(NS(C)(=O)=O)c1. The number of hydrogen-bond donors (Lipinski definition) is 2. The Morgan fingerprint density at radius 2 is 1.69 bits per heavy atom. The third kappa shape index (κ3) is 5.73. The van der Waals surface area contributed by atoms with Gasteiger partial charge >= 0.3 is 0 Å². The smallest absolute Gasteiger partial charge is 0.272 e. The zero-order chi connectivity index (χ0) is 25.2. The predicted molar refractivity (Wildman–Crippen MR) is 141 cm³/mol. The fourth-order valence-electron chi connectivity index (χ4n) is 3.69. The van der Waals surface area contributed by atoms with Crippen LogP contribution in [0.4, 0.5) is 5.69 Å². The number of aryl methyl sites for hydroxylation is 2. The van der Waals surface area contributed by atoms with Gasteiger partial charge in [-0.15, -0.1) is 0 Å². The van der Waals surface area contributed by atoms with Crippen LogP contribution in [-0.2, 0) is 10.0 Å². The number of sulfonamides is 1. The van der Waals surface area contributed by atoms with E-state index in [1.807, 2.05) is 43.3 Å². The second-order valence-electron chi connectivity index (χ2n) is 8.46. The Bertz CT molecular complexity index is 1580. The third-order valence-electron chi connectivity index (χ3n) is 5.67. The van der Waals surface area contributed by atoms with E-state index in [0.717, 1.165) is 22.8 Å². The van der Waals surface area contributed by atoms with E-state index in [1.54, 1.807) is 37.3 Å². The average Bonchev–Trinajstić information content (AvgIpc) is 2.82. The highest BCUT2D eigenvalue weighted by Gasteiger charge is 2.14. The number of carbonyl (C=O) groups is 1. The Hall–Kier alpha value is -4.04. The summed E-state index contributed by atoms with van der Waals surface area (Å²) in [6.07, 6.45) is 1.09. The van der Waals surface area contributed by atoms with E-state index in [2.05, 4.69) is 28.2 Å². The van der Waals surface area contributed by atoms with Crippen LogP contribution in [0, 0.1) is 13.8 Å². The first-order chi connectivity index (χ1) is 16.6. The molecule has 0 unspecified atom stereocenters.